The van der Waals surface area contributed by atoms with Crippen molar-refractivity contribution >= 4 is 5.97 Å². The first-order valence-corrected chi connectivity index (χ1v) is 11.7. The highest BCUT2D eigenvalue weighted by molar-refractivity contribution is 5.66. The van der Waals surface area contributed by atoms with E-state index in [0.29, 0.717) is 12.7 Å². The fourth-order valence-electron chi connectivity index (χ4n) is 3.61. The van der Waals surface area contributed by atoms with Crippen molar-refractivity contribution in [3.8, 4) is 0 Å². The van der Waals surface area contributed by atoms with Crippen molar-refractivity contribution in [2.75, 3.05) is 0 Å². The van der Waals surface area contributed by atoms with Gasteiger partial charge in [-0.1, -0.05) is 88.6 Å². The van der Waals surface area contributed by atoms with Crippen LogP contribution in [-0.4, -0.2) is 28.4 Å². The number of aliphatic hydroxyl groups excluding tert-OH is 1. The lowest BCUT2D eigenvalue weighted by Crippen LogP contribution is -2.13. The Labute approximate surface area is 177 Å². The Morgan fingerprint density at radius 3 is 2.14 bits per heavy atom. The zero-order chi connectivity index (χ0) is 21.2. The first kappa shape index (κ1) is 25.6. The molecule has 0 bridgehead atoms. The molecule has 0 aliphatic heterocycles. The second-order valence-electron chi connectivity index (χ2n) is 8.20. The summed E-state index contributed by atoms with van der Waals surface area (Å²) < 4.78 is 6.16. The van der Waals surface area contributed by atoms with Gasteiger partial charge in [0, 0.05) is 6.42 Å². The third kappa shape index (κ3) is 15.2. The summed E-state index contributed by atoms with van der Waals surface area (Å²) in [7, 11) is 0. The molecule has 2 atom stereocenters. The molecular weight excluding hydrogens is 364 g/mol. The fourth-order valence-corrected chi connectivity index (χ4v) is 3.61. The minimum absolute atomic E-state index is 0.201. The van der Waals surface area contributed by atoms with Crippen LogP contribution < -0.4 is 0 Å². The number of benzene rings is 1. The predicted octanol–water partition coefficient (Wildman–Crippen LogP) is 6.50. The van der Waals surface area contributed by atoms with Gasteiger partial charge in [-0.15, -0.1) is 0 Å². The first-order valence-electron chi connectivity index (χ1n) is 11.7. The summed E-state index contributed by atoms with van der Waals surface area (Å²) in [5.41, 5.74) is 1.23. The van der Waals surface area contributed by atoms with Crippen LogP contribution in [0.4, 0.5) is 0 Å². The number of carboxylic acids is 1. The molecule has 0 aromatic heterocycles. The molecule has 0 spiro atoms. The quantitative estimate of drug-likeness (QED) is 0.257. The summed E-state index contributed by atoms with van der Waals surface area (Å²) in [5.74, 6) is -0.706. The minimum atomic E-state index is -0.706. The van der Waals surface area contributed by atoms with E-state index in [-0.39, 0.29) is 12.5 Å². The molecule has 0 radical (unpaired) electrons. The van der Waals surface area contributed by atoms with Crippen molar-refractivity contribution in [1.82, 2.24) is 0 Å². The molecular formula is C25H42O4. The van der Waals surface area contributed by atoms with E-state index in [4.69, 9.17) is 9.84 Å². The maximum absolute atomic E-state index is 10.5. The van der Waals surface area contributed by atoms with E-state index in [0.717, 1.165) is 70.6 Å². The highest BCUT2D eigenvalue weighted by atomic mass is 16.5. The molecule has 0 amide bonds. The second-order valence-corrected chi connectivity index (χ2v) is 8.20. The highest BCUT2D eigenvalue weighted by Gasteiger charge is 2.10. The Bertz CT molecular complexity index is 503. The van der Waals surface area contributed by atoms with Crippen molar-refractivity contribution in [1.29, 1.82) is 0 Å². The van der Waals surface area contributed by atoms with Crippen LogP contribution in [0.2, 0.25) is 0 Å². The Morgan fingerprint density at radius 1 is 0.862 bits per heavy atom. The molecule has 0 aliphatic carbocycles. The number of hydrogen-bond donors (Lipinski definition) is 2. The molecule has 0 saturated heterocycles. The summed E-state index contributed by atoms with van der Waals surface area (Å²) in [5, 5.41) is 18.8. The zero-order valence-corrected chi connectivity index (χ0v) is 18.4. The topological polar surface area (TPSA) is 66.8 Å². The van der Waals surface area contributed by atoms with Crippen LogP contribution >= 0.6 is 0 Å². The van der Waals surface area contributed by atoms with Gasteiger partial charge in [0.25, 0.3) is 0 Å². The van der Waals surface area contributed by atoms with Gasteiger partial charge in [-0.2, -0.15) is 0 Å². The monoisotopic (exact) mass is 406 g/mol. The van der Waals surface area contributed by atoms with Crippen molar-refractivity contribution in [3.05, 3.63) is 35.9 Å². The van der Waals surface area contributed by atoms with Crippen LogP contribution in [0.1, 0.15) is 102 Å². The van der Waals surface area contributed by atoms with E-state index >= 15 is 0 Å². The molecule has 2 unspecified atom stereocenters. The normalized spacial score (nSPS) is 13.3. The Balaban J connectivity index is 2.08. The molecule has 0 fully saturated rings. The minimum Gasteiger partial charge on any atom is -0.481 e. The molecule has 1 aromatic rings. The number of carbonyl (C=O) groups is 1. The summed E-state index contributed by atoms with van der Waals surface area (Å²) >= 11 is 0. The van der Waals surface area contributed by atoms with Crippen molar-refractivity contribution in [2.24, 2.45) is 0 Å². The van der Waals surface area contributed by atoms with E-state index in [1.165, 1.54) is 18.4 Å². The molecule has 29 heavy (non-hydrogen) atoms. The van der Waals surface area contributed by atoms with E-state index in [9.17, 15) is 9.90 Å². The molecule has 1 rings (SSSR count). The van der Waals surface area contributed by atoms with E-state index < -0.39 is 5.97 Å². The largest absolute Gasteiger partial charge is 0.481 e. The molecule has 1 aromatic carbocycles. The molecule has 4 nitrogen and oxygen atoms in total. The van der Waals surface area contributed by atoms with E-state index in [1.54, 1.807) is 0 Å². The van der Waals surface area contributed by atoms with Crippen molar-refractivity contribution in [3.63, 3.8) is 0 Å². The maximum Gasteiger partial charge on any atom is 0.303 e. The third-order valence-corrected chi connectivity index (χ3v) is 5.45. The van der Waals surface area contributed by atoms with Crippen molar-refractivity contribution < 1.29 is 19.7 Å². The molecule has 0 saturated carbocycles. The van der Waals surface area contributed by atoms with Gasteiger partial charge in [0.05, 0.1) is 18.8 Å². The number of hydrogen-bond acceptors (Lipinski definition) is 3. The van der Waals surface area contributed by atoms with Crippen molar-refractivity contribution in [2.45, 2.75) is 116 Å². The van der Waals surface area contributed by atoms with Crippen LogP contribution in [0.25, 0.3) is 0 Å². The van der Waals surface area contributed by atoms with Crippen LogP contribution in [0.3, 0.4) is 0 Å². The van der Waals surface area contributed by atoms with Gasteiger partial charge >= 0.3 is 5.97 Å². The average Bonchev–Trinajstić information content (AvgIpc) is 2.72. The third-order valence-electron chi connectivity index (χ3n) is 5.45. The number of aliphatic hydroxyl groups is 1. The van der Waals surface area contributed by atoms with Gasteiger partial charge in [-0.3, -0.25) is 4.79 Å². The fraction of sp³-hybridized carbons (Fsp3) is 0.720. The van der Waals surface area contributed by atoms with Crippen LogP contribution in [0, 0.1) is 0 Å². The average molecular weight is 407 g/mol. The number of aliphatic carboxylic acids is 1. The molecule has 2 N–H and O–H groups in total. The summed E-state index contributed by atoms with van der Waals surface area (Å²) in [6, 6.07) is 10.4. The SMILES string of the molecule is CCCCC(CCCCC(O)CCCCCCCC(=O)O)OCc1ccccc1. The second kappa shape index (κ2) is 17.5. The number of rotatable bonds is 19. The highest BCUT2D eigenvalue weighted by Crippen LogP contribution is 2.18. The standard InChI is InChI=1S/C25H42O4/c1-2-3-18-24(29-21-22-14-8-7-9-15-22)19-13-12-17-23(26)16-10-5-4-6-11-20-25(27)28/h7-9,14-15,23-24,26H,2-6,10-13,16-21H2,1H3,(H,27,28). The van der Waals surface area contributed by atoms with E-state index in [1.807, 2.05) is 6.07 Å². The van der Waals surface area contributed by atoms with E-state index in [2.05, 4.69) is 31.2 Å². The summed E-state index contributed by atoms with van der Waals surface area (Å²) in [6.45, 7) is 2.90. The molecule has 166 valence electrons. The lowest BCUT2D eigenvalue weighted by atomic mass is 10.0. The smallest absolute Gasteiger partial charge is 0.303 e. The lowest BCUT2D eigenvalue weighted by molar-refractivity contribution is -0.137. The number of ether oxygens (including phenoxy) is 1. The summed E-state index contributed by atoms with van der Waals surface area (Å²) in [6.07, 6.45) is 13.8. The molecule has 0 aliphatic rings. The molecule has 0 heterocycles. The van der Waals surface area contributed by atoms with Gasteiger partial charge in [0.2, 0.25) is 0 Å². The lowest BCUT2D eigenvalue weighted by Gasteiger charge is -2.18. The first-order chi connectivity index (χ1) is 14.1. The predicted molar refractivity (Wildman–Crippen MR) is 119 cm³/mol. The van der Waals surface area contributed by atoms with Gasteiger partial charge in [0.1, 0.15) is 0 Å². The molecule has 4 heteroatoms. The van der Waals surface area contributed by atoms with Crippen LogP contribution in [0.5, 0.6) is 0 Å². The zero-order valence-electron chi connectivity index (χ0n) is 18.4. The Kier molecular flexibility index (Phi) is 15.4. The summed E-state index contributed by atoms with van der Waals surface area (Å²) in [4.78, 5) is 10.5. The number of unbranched alkanes of at least 4 members (excludes halogenated alkanes) is 6. The number of carboxylic acid groups (broad SMARTS) is 1. The van der Waals surface area contributed by atoms with Gasteiger partial charge < -0.3 is 14.9 Å². The maximum atomic E-state index is 10.5. The van der Waals surface area contributed by atoms with Crippen LogP contribution in [-0.2, 0) is 16.1 Å². The van der Waals surface area contributed by atoms with Gasteiger partial charge in [-0.05, 0) is 37.7 Å². The van der Waals surface area contributed by atoms with Gasteiger partial charge in [0.15, 0.2) is 0 Å². The van der Waals surface area contributed by atoms with Crippen LogP contribution in [0.15, 0.2) is 30.3 Å². The van der Waals surface area contributed by atoms with Gasteiger partial charge in [-0.25, -0.2) is 0 Å². The Hall–Kier alpha value is -1.39. The Morgan fingerprint density at radius 2 is 1.45 bits per heavy atom.